The normalized spacial score (nSPS) is 28.7. The minimum Gasteiger partial charge on any atom is -0.368 e. The van der Waals surface area contributed by atoms with Gasteiger partial charge in [-0.3, -0.25) is 0 Å². The lowest BCUT2D eigenvalue weighted by atomic mass is 10.1. The van der Waals surface area contributed by atoms with Crippen LogP contribution in [0.3, 0.4) is 0 Å². The lowest BCUT2D eigenvalue weighted by Gasteiger charge is -2.20. The minimum absolute atomic E-state index is 0.0117. The molecule has 3 atom stereocenters. The summed E-state index contributed by atoms with van der Waals surface area (Å²) in [5.74, 6) is 2.08. The van der Waals surface area contributed by atoms with Gasteiger partial charge in [0.15, 0.2) is 0 Å². The monoisotopic (exact) mass is 310 g/mol. The quantitative estimate of drug-likeness (QED) is 0.883. The highest BCUT2D eigenvalue weighted by Gasteiger charge is 2.33. The molecule has 0 aliphatic carbocycles. The van der Waals surface area contributed by atoms with Crippen molar-refractivity contribution in [1.29, 1.82) is 0 Å². The molecule has 2 aliphatic heterocycles. The maximum absolute atomic E-state index is 12.0. The first-order chi connectivity index (χ1) is 10.2. The average Bonchev–Trinajstić information content (AvgIpc) is 3.18. The fourth-order valence-corrected chi connectivity index (χ4v) is 4.08. The Hall–Kier alpha value is -1.21. The molecule has 2 fully saturated rings. The summed E-state index contributed by atoms with van der Waals surface area (Å²) in [6.07, 6.45) is 6.78. The zero-order chi connectivity index (χ0) is 14.7. The predicted molar refractivity (Wildman–Crippen MR) is 82.3 cm³/mol. The molecule has 3 rings (SSSR count). The van der Waals surface area contributed by atoms with Gasteiger partial charge < -0.3 is 19.9 Å². The molecular formula is C14H22N4O2S. The van der Waals surface area contributed by atoms with Gasteiger partial charge in [-0.15, -0.1) is 0 Å². The summed E-state index contributed by atoms with van der Waals surface area (Å²) in [5, 5.41) is 6.58. The molecule has 2 amide bonds. The molecule has 1 aromatic rings. The molecule has 2 aliphatic rings. The highest BCUT2D eigenvalue weighted by Crippen LogP contribution is 2.28. The van der Waals surface area contributed by atoms with Crippen molar-refractivity contribution in [3.63, 3.8) is 0 Å². The van der Waals surface area contributed by atoms with Crippen molar-refractivity contribution in [3.05, 3.63) is 18.2 Å². The standard InChI is InChI=1S/C14H22N4O2S/c1-18-6-5-15-13(18)12-11(4-7-20-12)17-14(19)16-9-10-3-2-8-21-10/h5-6,10-12H,2-4,7-9H2,1H3,(H2,16,17,19)/t10?,11-,12-/m0/s1. The average molecular weight is 310 g/mol. The molecule has 3 heterocycles. The second-order valence-electron chi connectivity index (χ2n) is 5.57. The predicted octanol–water partition coefficient (Wildman–Crippen LogP) is 1.44. The molecule has 2 N–H and O–H groups in total. The van der Waals surface area contributed by atoms with Crippen LogP contribution in [0.1, 0.15) is 31.2 Å². The van der Waals surface area contributed by atoms with Crippen molar-refractivity contribution in [1.82, 2.24) is 20.2 Å². The number of nitrogens with one attached hydrogen (secondary N) is 2. The van der Waals surface area contributed by atoms with Crippen molar-refractivity contribution in [2.75, 3.05) is 18.9 Å². The number of amides is 2. The summed E-state index contributed by atoms with van der Waals surface area (Å²) in [4.78, 5) is 16.4. The number of carbonyl (C=O) groups excluding carboxylic acids is 1. The van der Waals surface area contributed by atoms with Crippen LogP contribution in [0, 0.1) is 0 Å². The van der Waals surface area contributed by atoms with E-state index in [1.807, 2.05) is 29.6 Å². The molecule has 1 aromatic heterocycles. The van der Waals surface area contributed by atoms with Crippen LogP contribution in [0.4, 0.5) is 4.79 Å². The van der Waals surface area contributed by atoms with Crippen molar-refractivity contribution >= 4 is 17.8 Å². The van der Waals surface area contributed by atoms with E-state index in [4.69, 9.17) is 4.74 Å². The smallest absolute Gasteiger partial charge is 0.315 e. The van der Waals surface area contributed by atoms with Crippen molar-refractivity contribution in [3.8, 4) is 0 Å². The molecular weight excluding hydrogens is 288 g/mol. The number of aromatic nitrogens is 2. The molecule has 0 spiro atoms. The van der Waals surface area contributed by atoms with E-state index in [1.165, 1.54) is 18.6 Å². The number of aryl methyl sites for hydroxylation is 1. The lowest BCUT2D eigenvalue weighted by Crippen LogP contribution is -2.45. The third-order valence-corrected chi connectivity index (χ3v) is 5.43. The second kappa shape index (κ2) is 6.70. The Morgan fingerprint density at radius 3 is 3.19 bits per heavy atom. The molecule has 0 aromatic carbocycles. The second-order valence-corrected chi connectivity index (χ2v) is 6.98. The number of carbonyl (C=O) groups is 1. The Bertz CT molecular complexity index is 487. The molecule has 1 unspecified atom stereocenters. The number of hydrogen-bond donors (Lipinski definition) is 2. The van der Waals surface area contributed by atoms with Crippen LogP contribution >= 0.6 is 11.8 Å². The van der Waals surface area contributed by atoms with E-state index in [0.717, 1.165) is 18.8 Å². The van der Waals surface area contributed by atoms with E-state index >= 15 is 0 Å². The largest absolute Gasteiger partial charge is 0.368 e. The van der Waals surface area contributed by atoms with E-state index < -0.39 is 0 Å². The molecule has 0 saturated carbocycles. The lowest BCUT2D eigenvalue weighted by molar-refractivity contribution is 0.0908. The number of thioether (sulfide) groups is 1. The van der Waals surface area contributed by atoms with Gasteiger partial charge in [-0.05, 0) is 25.0 Å². The fraction of sp³-hybridized carbons (Fsp3) is 0.714. The third-order valence-electron chi connectivity index (χ3n) is 4.04. The van der Waals surface area contributed by atoms with Gasteiger partial charge in [0.05, 0.1) is 6.04 Å². The number of ether oxygens (including phenoxy) is 1. The van der Waals surface area contributed by atoms with E-state index in [1.54, 1.807) is 6.20 Å². The van der Waals surface area contributed by atoms with Crippen LogP contribution in [-0.4, -0.2) is 45.8 Å². The number of hydrogen-bond acceptors (Lipinski definition) is 4. The van der Waals surface area contributed by atoms with Crippen LogP contribution in [0.5, 0.6) is 0 Å². The topological polar surface area (TPSA) is 68.2 Å². The maximum Gasteiger partial charge on any atom is 0.315 e. The summed E-state index contributed by atoms with van der Waals surface area (Å²) in [7, 11) is 1.94. The highest BCUT2D eigenvalue weighted by molar-refractivity contribution is 8.00. The highest BCUT2D eigenvalue weighted by atomic mass is 32.2. The number of nitrogens with zero attached hydrogens (tertiary/aromatic N) is 2. The first-order valence-electron chi connectivity index (χ1n) is 7.49. The van der Waals surface area contributed by atoms with Gasteiger partial charge in [0.2, 0.25) is 0 Å². The molecule has 0 radical (unpaired) electrons. The zero-order valence-corrected chi connectivity index (χ0v) is 13.1. The van der Waals surface area contributed by atoms with Crippen LogP contribution < -0.4 is 10.6 Å². The van der Waals surface area contributed by atoms with Gasteiger partial charge in [0.1, 0.15) is 11.9 Å². The Kier molecular flexibility index (Phi) is 4.70. The molecule has 21 heavy (non-hydrogen) atoms. The van der Waals surface area contributed by atoms with Crippen LogP contribution in [0.15, 0.2) is 12.4 Å². The first-order valence-corrected chi connectivity index (χ1v) is 8.53. The van der Waals surface area contributed by atoms with Crippen molar-refractivity contribution < 1.29 is 9.53 Å². The van der Waals surface area contributed by atoms with Gasteiger partial charge >= 0.3 is 6.03 Å². The van der Waals surface area contributed by atoms with Gasteiger partial charge in [0.25, 0.3) is 0 Å². The molecule has 116 valence electrons. The Balaban J connectivity index is 1.51. The van der Waals surface area contributed by atoms with E-state index in [2.05, 4.69) is 15.6 Å². The Morgan fingerprint density at radius 1 is 1.57 bits per heavy atom. The summed E-state index contributed by atoms with van der Waals surface area (Å²) >= 11 is 1.95. The van der Waals surface area contributed by atoms with Gasteiger partial charge in [-0.25, -0.2) is 9.78 Å². The van der Waals surface area contributed by atoms with E-state index in [0.29, 0.717) is 11.9 Å². The third kappa shape index (κ3) is 3.52. The molecule has 6 nitrogen and oxygen atoms in total. The van der Waals surface area contributed by atoms with Crippen LogP contribution in [-0.2, 0) is 11.8 Å². The Labute approximate surface area is 129 Å². The molecule has 0 bridgehead atoms. The van der Waals surface area contributed by atoms with Gasteiger partial charge in [-0.1, -0.05) is 0 Å². The maximum atomic E-state index is 12.0. The summed E-state index contributed by atoms with van der Waals surface area (Å²) in [5.41, 5.74) is 0. The van der Waals surface area contributed by atoms with E-state index in [-0.39, 0.29) is 18.2 Å². The summed E-state index contributed by atoms with van der Waals surface area (Å²) in [6.45, 7) is 1.40. The minimum atomic E-state index is -0.156. The number of rotatable bonds is 4. The van der Waals surface area contributed by atoms with Crippen molar-refractivity contribution in [2.45, 2.75) is 36.7 Å². The van der Waals surface area contributed by atoms with Gasteiger partial charge in [0, 0.05) is 37.8 Å². The Morgan fingerprint density at radius 2 is 2.48 bits per heavy atom. The zero-order valence-electron chi connectivity index (χ0n) is 12.2. The summed E-state index contributed by atoms with van der Waals surface area (Å²) in [6, 6.07) is -0.112. The van der Waals surface area contributed by atoms with Gasteiger partial charge in [-0.2, -0.15) is 11.8 Å². The SMILES string of the molecule is Cn1ccnc1[C@H]1OCC[C@@H]1NC(=O)NCC1CCCS1. The van der Waals surface area contributed by atoms with Crippen LogP contribution in [0.25, 0.3) is 0 Å². The first kappa shape index (κ1) is 14.7. The van der Waals surface area contributed by atoms with E-state index in [9.17, 15) is 4.79 Å². The summed E-state index contributed by atoms with van der Waals surface area (Å²) < 4.78 is 7.68. The van der Waals surface area contributed by atoms with Crippen molar-refractivity contribution in [2.24, 2.45) is 7.05 Å². The number of imidazole rings is 1. The molecule has 7 heteroatoms. The van der Waals surface area contributed by atoms with Crippen LogP contribution in [0.2, 0.25) is 0 Å². The fourth-order valence-electron chi connectivity index (χ4n) is 2.87. The number of urea groups is 1. The molecule has 2 saturated heterocycles.